The van der Waals surface area contributed by atoms with Crippen molar-refractivity contribution < 1.29 is 9.18 Å². The minimum absolute atomic E-state index is 0.0950. The van der Waals surface area contributed by atoms with Gasteiger partial charge in [-0.2, -0.15) is 0 Å². The average molecular weight is 364 g/mol. The molecule has 16 heavy (non-hydrogen) atoms. The molecule has 5 heteroatoms. The van der Waals surface area contributed by atoms with Crippen LogP contribution in [-0.4, -0.2) is 5.78 Å². The Morgan fingerprint density at radius 2 is 1.94 bits per heavy atom. The first-order valence-corrected chi connectivity index (χ1v) is 6.73. The van der Waals surface area contributed by atoms with Gasteiger partial charge in [0.15, 0.2) is 0 Å². The predicted molar refractivity (Wildman–Crippen MR) is 69.6 cm³/mol. The van der Waals surface area contributed by atoms with E-state index >= 15 is 0 Å². The summed E-state index contributed by atoms with van der Waals surface area (Å²) in [7, 11) is 0. The lowest BCUT2D eigenvalue weighted by molar-refractivity contribution is 0.103. The van der Waals surface area contributed by atoms with Crippen molar-refractivity contribution in [2.45, 2.75) is 0 Å². The van der Waals surface area contributed by atoms with Gasteiger partial charge in [0.2, 0.25) is 5.78 Å². The standard InChI is InChI=1S/C11H5Br2FOS/c12-6-1-2-7(8(14)5-6)11(15)9-3-4-10(13)16-9/h1-5H. The molecule has 0 atom stereocenters. The maximum absolute atomic E-state index is 13.5. The lowest BCUT2D eigenvalue weighted by Crippen LogP contribution is -2.01. The monoisotopic (exact) mass is 362 g/mol. The van der Waals surface area contributed by atoms with E-state index in [9.17, 15) is 9.18 Å². The van der Waals surface area contributed by atoms with E-state index in [0.717, 1.165) is 3.79 Å². The van der Waals surface area contributed by atoms with E-state index in [1.807, 2.05) is 0 Å². The van der Waals surface area contributed by atoms with Gasteiger partial charge in [-0.25, -0.2) is 4.39 Å². The molecule has 1 nitrogen and oxygen atoms in total. The number of ketones is 1. The summed E-state index contributed by atoms with van der Waals surface area (Å²) in [5.74, 6) is -0.801. The van der Waals surface area contributed by atoms with E-state index < -0.39 is 5.82 Å². The van der Waals surface area contributed by atoms with E-state index in [0.29, 0.717) is 9.35 Å². The lowest BCUT2D eigenvalue weighted by atomic mass is 10.1. The molecule has 82 valence electrons. The molecule has 0 aliphatic heterocycles. The normalized spacial score (nSPS) is 10.4. The Hall–Kier alpha value is -0.520. The highest BCUT2D eigenvalue weighted by atomic mass is 79.9. The highest BCUT2D eigenvalue weighted by Crippen LogP contribution is 2.26. The Morgan fingerprint density at radius 1 is 1.19 bits per heavy atom. The summed E-state index contributed by atoms with van der Waals surface area (Å²) >= 11 is 7.71. The molecule has 0 aliphatic rings. The zero-order chi connectivity index (χ0) is 11.7. The van der Waals surface area contributed by atoms with Crippen LogP contribution in [0, 0.1) is 5.82 Å². The van der Waals surface area contributed by atoms with Crippen molar-refractivity contribution in [1.29, 1.82) is 0 Å². The third kappa shape index (κ3) is 2.42. The van der Waals surface area contributed by atoms with Crippen molar-refractivity contribution in [3.63, 3.8) is 0 Å². The summed E-state index contributed by atoms with van der Waals surface area (Å²) in [4.78, 5) is 12.4. The lowest BCUT2D eigenvalue weighted by Gasteiger charge is -2.00. The molecule has 0 bridgehead atoms. The number of rotatable bonds is 2. The van der Waals surface area contributed by atoms with Gasteiger partial charge < -0.3 is 0 Å². The smallest absolute Gasteiger partial charge is 0.205 e. The number of benzene rings is 1. The van der Waals surface area contributed by atoms with Crippen LogP contribution >= 0.6 is 43.2 Å². The second-order valence-electron chi connectivity index (χ2n) is 3.06. The summed E-state index contributed by atoms with van der Waals surface area (Å²) in [6.07, 6.45) is 0. The zero-order valence-electron chi connectivity index (χ0n) is 7.84. The van der Waals surface area contributed by atoms with Crippen LogP contribution < -0.4 is 0 Å². The molecule has 2 rings (SSSR count). The first-order valence-electron chi connectivity index (χ1n) is 4.33. The van der Waals surface area contributed by atoms with Crippen LogP contribution in [0.2, 0.25) is 0 Å². The second kappa shape index (κ2) is 4.77. The Bertz CT molecular complexity index is 551. The fourth-order valence-corrected chi connectivity index (χ4v) is 2.92. The molecule has 2 aromatic rings. The highest BCUT2D eigenvalue weighted by molar-refractivity contribution is 9.11. The summed E-state index contributed by atoms with van der Waals surface area (Å²) < 4.78 is 15.0. The summed E-state index contributed by atoms with van der Waals surface area (Å²) in [5.41, 5.74) is 0.0950. The molecule has 1 aromatic heterocycles. The van der Waals surface area contributed by atoms with Crippen molar-refractivity contribution in [3.8, 4) is 0 Å². The topological polar surface area (TPSA) is 17.1 Å². The van der Waals surface area contributed by atoms with Crippen molar-refractivity contribution in [2.24, 2.45) is 0 Å². The van der Waals surface area contributed by atoms with Gasteiger partial charge in [-0.1, -0.05) is 15.9 Å². The Kier molecular flexibility index (Phi) is 3.56. The summed E-state index contributed by atoms with van der Waals surface area (Å²) in [5, 5.41) is 0. The molecule has 1 aromatic carbocycles. The van der Waals surface area contributed by atoms with Gasteiger partial charge in [0.1, 0.15) is 5.82 Å². The van der Waals surface area contributed by atoms with E-state index in [1.165, 1.54) is 23.5 Å². The van der Waals surface area contributed by atoms with Crippen molar-refractivity contribution in [3.05, 3.63) is 54.8 Å². The molecule has 0 saturated heterocycles. The van der Waals surface area contributed by atoms with Crippen LogP contribution in [0.4, 0.5) is 4.39 Å². The Morgan fingerprint density at radius 3 is 2.50 bits per heavy atom. The maximum atomic E-state index is 13.5. The number of halogens is 3. The molecule has 0 unspecified atom stereocenters. The van der Waals surface area contributed by atoms with Crippen LogP contribution in [0.25, 0.3) is 0 Å². The van der Waals surface area contributed by atoms with Crippen LogP contribution in [0.3, 0.4) is 0 Å². The number of thiophene rings is 1. The fraction of sp³-hybridized carbons (Fsp3) is 0. The van der Waals surface area contributed by atoms with Gasteiger partial charge in [0, 0.05) is 4.47 Å². The predicted octanol–water partition coefficient (Wildman–Crippen LogP) is 4.64. The first-order chi connectivity index (χ1) is 7.58. The van der Waals surface area contributed by atoms with Crippen LogP contribution in [0.15, 0.2) is 38.6 Å². The molecular weight excluding hydrogens is 359 g/mol. The van der Waals surface area contributed by atoms with E-state index in [2.05, 4.69) is 31.9 Å². The molecule has 0 aliphatic carbocycles. The Labute approximate surface area is 113 Å². The third-order valence-electron chi connectivity index (χ3n) is 1.97. The van der Waals surface area contributed by atoms with Gasteiger partial charge in [-0.05, 0) is 46.3 Å². The minimum Gasteiger partial charge on any atom is -0.288 e. The maximum Gasteiger partial charge on any atom is 0.205 e. The number of hydrogen-bond acceptors (Lipinski definition) is 2. The first kappa shape index (κ1) is 12.0. The molecule has 0 radical (unpaired) electrons. The van der Waals surface area contributed by atoms with Crippen molar-refractivity contribution >= 4 is 49.0 Å². The molecule has 0 fully saturated rings. The molecule has 0 saturated carbocycles. The summed E-state index contributed by atoms with van der Waals surface area (Å²) in [6.45, 7) is 0. The van der Waals surface area contributed by atoms with E-state index in [-0.39, 0.29) is 11.3 Å². The molecule has 0 N–H and O–H groups in total. The van der Waals surface area contributed by atoms with Gasteiger partial charge in [0.25, 0.3) is 0 Å². The van der Waals surface area contributed by atoms with Gasteiger partial charge in [-0.15, -0.1) is 11.3 Å². The second-order valence-corrected chi connectivity index (χ2v) is 6.44. The van der Waals surface area contributed by atoms with E-state index in [4.69, 9.17) is 0 Å². The van der Waals surface area contributed by atoms with Gasteiger partial charge in [-0.3, -0.25) is 4.79 Å². The quantitative estimate of drug-likeness (QED) is 0.710. The number of carbonyl (C=O) groups excluding carboxylic acids is 1. The highest BCUT2D eigenvalue weighted by Gasteiger charge is 2.15. The zero-order valence-corrected chi connectivity index (χ0v) is 11.8. The largest absolute Gasteiger partial charge is 0.288 e. The molecule has 1 heterocycles. The van der Waals surface area contributed by atoms with Crippen molar-refractivity contribution in [2.75, 3.05) is 0 Å². The minimum atomic E-state index is -0.510. The number of carbonyl (C=O) groups is 1. The molecule has 0 spiro atoms. The number of hydrogen-bond donors (Lipinski definition) is 0. The van der Waals surface area contributed by atoms with Crippen LogP contribution in [0.5, 0.6) is 0 Å². The van der Waals surface area contributed by atoms with Crippen LogP contribution in [-0.2, 0) is 0 Å². The van der Waals surface area contributed by atoms with Crippen LogP contribution in [0.1, 0.15) is 15.2 Å². The van der Waals surface area contributed by atoms with E-state index in [1.54, 1.807) is 18.2 Å². The molecular formula is C11H5Br2FOS. The fourth-order valence-electron chi connectivity index (χ4n) is 1.24. The van der Waals surface area contributed by atoms with Gasteiger partial charge >= 0.3 is 0 Å². The average Bonchev–Trinajstić information content (AvgIpc) is 2.64. The third-order valence-corrected chi connectivity index (χ3v) is 4.09. The SMILES string of the molecule is O=C(c1ccc(Br)s1)c1ccc(Br)cc1F. The van der Waals surface area contributed by atoms with Gasteiger partial charge in [0.05, 0.1) is 14.2 Å². The molecule has 0 amide bonds. The Balaban J connectivity index is 2.41. The summed E-state index contributed by atoms with van der Waals surface area (Å²) in [6, 6.07) is 7.87. The van der Waals surface area contributed by atoms with Crippen molar-refractivity contribution in [1.82, 2.24) is 0 Å².